The number of halogens is 1. The second-order valence-corrected chi connectivity index (χ2v) is 8.75. The molecule has 148 valence electrons. The van der Waals surface area contributed by atoms with Crippen molar-refractivity contribution in [1.29, 1.82) is 0 Å². The van der Waals surface area contributed by atoms with Gasteiger partial charge in [0.2, 0.25) is 0 Å². The van der Waals surface area contributed by atoms with Crippen LogP contribution < -0.4 is 5.56 Å². The molecule has 2 aromatic carbocycles. The molecule has 1 aromatic heterocycles. The lowest BCUT2D eigenvalue weighted by Crippen LogP contribution is -2.20. The molecule has 1 heterocycles. The zero-order chi connectivity index (χ0) is 20.3. The highest BCUT2D eigenvalue weighted by Crippen LogP contribution is 2.51. The fourth-order valence-electron chi connectivity index (χ4n) is 3.01. The van der Waals surface area contributed by atoms with E-state index in [4.69, 9.17) is 20.6 Å². The van der Waals surface area contributed by atoms with Crippen LogP contribution in [0.25, 0.3) is 22.3 Å². The molecule has 0 spiro atoms. The summed E-state index contributed by atoms with van der Waals surface area (Å²) >= 11 is 6.04. The molecule has 28 heavy (non-hydrogen) atoms. The molecule has 0 fully saturated rings. The van der Waals surface area contributed by atoms with E-state index in [1.165, 1.54) is 4.57 Å². The number of hydrogen-bond donors (Lipinski definition) is 0. The van der Waals surface area contributed by atoms with Gasteiger partial charge in [0.1, 0.15) is 5.82 Å². The second kappa shape index (κ2) is 8.58. The van der Waals surface area contributed by atoms with Crippen molar-refractivity contribution in [3.8, 4) is 11.4 Å². The second-order valence-electron chi connectivity index (χ2n) is 6.26. The maximum atomic E-state index is 12.7. The number of fused-ring (bicyclic) bond motifs is 1. The third-order valence-electron chi connectivity index (χ3n) is 4.28. The Balaban J connectivity index is 1.96. The summed E-state index contributed by atoms with van der Waals surface area (Å²) in [5.41, 5.74) is 2.00. The van der Waals surface area contributed by atoms with Gasteiger partial charge in [-0.3, -0.25) is 13.9 Å². The van der Waals surface area contributed by atoms with Crippen LogP contribution in [0.1, 0.15) is 19.4 Å². The fourth-order valence-corrected chi connectivity index (χ4v) is 4.88. The van der Waals surface area contributed by atoms with Crippen LogP contribution in [0.5, 0.6) is 0 Å². The van der Waals surface area contributed by atoms with Crippen LogP contribution in [0.2, 0.25) is 5.02 Å². The zero-order valence-corrected chi connectivity index (χ0v) is 17.7. The third-order valence-corrected chi connectivity index (χ3v) is 6.57. The van der Waals surface area contributed by atoms with Crippen LogP contribution >= 0.6 is 19.2 Å². The first-order chi connectivity index (χ1) is 13.4. The van der Waals surface area contributed by atoms with E-state index in [9.17, 15) is 9.36 Å². The molecule has 0 aliphatic rings. The lowest BCUT2D eigenvalue weighted by atomic mass is 10.1. The Morgan fingerprint density at radius 3 is 2.32 bits per heavy atom. The zero-order valence-electron chi connectivity index (χ0n) is 16.0. The van der Waals surface area contributed by atoms with Gasteiger partial charge in [0.15, 0.2) is 0 Å². The molecule has 3 rings (SSSR count). The van der Waals surface area contributed by atoms with Crippen LogP contribution in [0.15, 0.2) is 47.3 Å². The Morgan fingerprint density at radius 2 is 1.71 bits per heavy atom. The van der Waals surface area contributed by atoms with Crippen molar-refractivity contribution in [3.05, 3.63) is 63.4 Å². The van der Waals surface area contributed by atoms with Crippen LogP contribution in [0, 0.1) is 0 Å². The first-order valence-corrected chi connectivity index (χ1v) is 11.1. The largest absolute Gasteiger partial charge is 0.335 e. The fraction of sp³-hybridized carbons (Fsp3) is 0.300. The average molecular weight is 421 g/mol. The van der Waals surface area contributed by atoms with Gasteiger partial charge in [-0.25, -0.2) is 4.98 Å². The van der Waals surface area contributed by atoms with Crippen molar-refractivity contribution in [3.63, 3.8) is 0 Å². The maximum absolute atomic E-state index is 12.7. The van der Waals surface area contributed by atoms with Gasteiger partial charge in [-0.1, -0.05) is 35.9 Å². The predicted octanol–water partition coefficient (Wildman–Crippen LogP) is 5.02. The van der Waals surface area contributed by atoms with E-state index in [0.717, 1.165) is 11.1 Å². The number of aromatic nitrogens is 2. The molecule has 0 unspecified atom stereocenters. The van der Waals surface area contributed by atoms with E-state index in [1.54, 1.807) is 39.1 Å². The standard InChI is InChI=1S/C20H22ClN2O4P/c1-4-26-28(25,27-5-2)13-14-6-8-15(9-7-14)19-22-18-12-16(21)10-11-17(18)20(24)23(19)3/h6-12H,4-5,13H2,1-3H3. The molecule has 6 nitrogen and oxygen atoms in total. The highest BCUT2D eigenvalue weighted by Gasteiger charge is 2.24. The number of benzene rings is 2. The van der Waals surface area contributed by atoms with Gasteiger partial charge in [0.25, 0.3) is 5.56 Å². The van der Waals surface area contributed by atoms with Crippen molar-refractivity contribution >= 4 is 30.1 Å². The lowest BCUT2D eigenvalue weighted by Gasteiger charge is -2.17. The summed E-state index contributed by atoms with van der Waals surface area (Å²) in [6.45, 7) is 4.21. The third kappa shape index (κ3) is 4.36. The Labute approximate surface area is 168 Å². The molecule has 0 saturated carbocycles. The van der Waals surface area contributed by atoms with Crippen molar-refractivity contribution < 1.29 is 13.6 Å². The molecule has 0 bridgehead atoms. The summed E-state index contributed by atoms with van der Waals surface area (Å²) in [5, 5.41) is 1.04. The smallest absolute Gasteiger partial charge is 0.309 e. The van der Waals surface area contributed by atoms with E-state index < -0.39 is 7.60 Å². The van der Waals surface area contributed by atoms with Crippen molar-refractivity contribution in [2.24, 2.45) is 7.05 Å². The van der Waals surface area contributed by atoms with Crippen LogP contribution in [0.3, 0.4) is 0 Å². The highest BCUT2D eigenvalue weighted by atomic mass is 35.5. The molecule has 0 amide bonds. The van der Waals surface area contributed by atoms with E-state index in [0.29, 0.717) is 35.0 Å². The summed E-state index contributed by atoms with van der Waals surface area (Å²) in [6, 6.07) is 12.4. The van der Waals surface area contributed by atoms with Crippen LogP contribution in [-0.2, 0) is 26.8 Å². The maximum Gasteiger partial charge on any atom is 0.335 e. The minimum Gasteiger partial charge on any atom is -0.309 e. The SMILES string of the molecule is CCOP(=O)(Cc1ccc(-c2nc3cc(Cl)ccc3c(=O)n2C)cc1)OCC. The molecule has 0 aliphatic carbocycles. The van der Waals surface area contributed by atoms with Crippen molar-refractivity contribution in [2.75, 3.05) is 13.2 Å². The van der Waals surface area contributed by atoms with Crippen molar-refractivity contribution in [1.82, 2.24) is 9.55 Å². The number of hydrogen-bond acceptors (Lipinski definition) is 5. The summed E-state index contributed by atoms with van der Waals surface area (Å²) in [6.07, 6.45) is 0.189. The van der Waals surface area contributed by atoms with Gasteiger partial charge in [0, 0.05) is 17.6 Å². The molecule has 0 atom stereocenters. The Hall–Kier alpha value is -1.98. The normalized spacial score (nSPS) is 11.9. The van der Waals surface area contributed by atoms with Crippen LogP contribution in [0.4, 0.5) is 0 Å². The first kappa shape index (κ1) is 20.7. The minimum absolute atomic E-state index is 0.141. The van der Waals surface area contributed by atoms with Gasteiger partial charge < -0.3 is 9.05 Å². The monoisotopic (exact) mass is 420 g/mol. The molecule has 0 radical (unpaired) electrons. The first-order valence-electron chi connectivity index (χ1n) is 9.00. The van der Waals surface area contributed by atoms with Crippen LogP contribution in [-0.4, -0.2) is 22.8 Å². The Morgan fingerprint density at radius 1 is 1.07 bits per heavy atom. The topological polar surface area (TPSA) is 70.4 Å². The molecular weight excluding hydrogens is 399 g/mol. The molecule has 0 aliphatic heterocycles. The average Bonchev–Trinajstić information content (AvgIpc) is 2.65. The summed E-state index contributed by atoms with van der Waals surface area (Å²) < 4.78 is 24.9. The van der Waals surface area contributed by atoms with Gasteiger partial charge in [-0.2, -0.15) is 0 Å². The number of nitrogens with zero attached hydrogens (tertiary/aromatic N) is 2. The van der Waals surface area contributed by atoms with Gasteiger partial charge >= 0.3 is 7.60 Å². The number of rotatable bonds is 7. The molecule has 0 saturated heterocycles. The minimum atomic E-state index is -3.17. The molecule has 3 aromatic rings. The Kier molecular flexibility index (Phi) is 6.36. The highest BCUT2D eigenvalue weighted by molar-refractivity contribution is 7.53. The quantitative estimate of drug-likeness (QED) is 0.502. The van der Waals surface area contributed by atoms with E-state index in [1.807, 2.05) is 24.3 Å². The van der Waals surface area contributed by atoms with Gasteiger partial charge in [-0.15, -0.1) is 0 Å². The van der Waals surface area contributed by atoms with Gasteiger partial charge in [-0.05, 0) is 37.6 Å². The summed E-state index contributed by atoms with van der Waals surface area (Å²) in [7, 11) is -1.48. The van der Waals surface area contributed by atoms with Gasteiger partial charge in [0.05, 0.1) is 30.3 Å². The van der Waals surface area contributed by atoms with E-state index >= 15 is 0 Å². The predicted molar refractivity (Wildman–Crippen MR) is 112 cm³/mol. The van der Waals surface area contributed by atoms with Crippen molar-refractivity contribution in [2.45, 2.75) is 20.0 Å². The Bertz CT molecular complexity index is 1090. The summed E-state index contributed by atoms with van der Waals surface area (Å²) in [5.74, 6) is 0.532. The van der Waals surface area contributed by atoms with E-state index in [-0.39, 0.29) is 11.7 Å². The van der Waals surface area contributed by atoms with E-state index in [2.05, 4.69) is 4.98 Å². The molecule has 0 N–H and O–H groups in total. The molecule has 8 heteroatoms. The lowest BCUT2D eigenvalue weighted by molar-refractivity contribution is 0.219. The molecular formula is C20H22ClN2O4P. The summed E-state index contributed by atoms with van der Waals surface area (Å²) in [4.78, 5) is 17.2.